The Kier molecular flexibility index (Phi) is 5.11. The van der Waals surface area contributed by atoms with E-state index in [1.807, 2.05) is 18.2 Å². The van der Waals surface area contributed by atoms with Crippen LogP contribution in [0.25, 0.3) is 10.9 Å². The zero-order valence-electron chi connectivity index (χ0n) is 13.6. The Hall–Kier alpha value is -2.82. The number of guanidine groups is 1. The van der Waals surface area contributed by atoms with Gasteiger partial charge < -0.3 is 15.6 Å². The molecule has 0 spiro atoms. The number of halogens is 1. The fraction of sp³-hybridized carbons (Fsp3) is 0.211. The zero-order valence-corrected chi connectivity index (χ0v) is 13.6. The quantitative estimate of drug-likeness (QED) is 0.498. The van der Waals surface area contributed by atoms with Crippen LogP contribution in [0.4, 0.5) is 4.39 Å². The minimum absolute atomic E-state index is 0.166. The highest BCUT2D eigenvalue weighted by atomic mass is 19.1. The van der Waals surface area contributed by atoms with E-state index in [9.17, 15) is 4.39 Å². The summed E-state index contributed by atoms with van der Waals surface area (Å²) < 4.78 is 13.6. The average Bonchev–Trinajstić information content (AvgIpc) is 3.02. The van der Waals surface area contributed by atoms with E-state index in [-0.39, 0.29) is 5.82 Å². The van der Waals surface area contributed by atoms with Crippen LogP contribution in [-0.4, -0.2) is 24.5 Å². The van der Waals surface area contributed by atoms with Gasteiger partial charge in [0.1, 0.15) is 5.82 Å². The van der Waals surface area contributed by atoms with Gasteiger partial charge in [-0.05, 0) is 35.6 Å². The van der Waals surface area contributed by atoms with Crippen molar-refractivity contribution in [2.45, 2.75) is 13.0 Å². The topological polar surface area (TPSA) is 52.2 Å². The van der Waals surface area contributed by atoms with Gasteiger partial charge in [-0.3, -0.25) is 4.99 Å². The lowest BCUT2D eigenvalue weighted by Gasteiger charge is -2.11. The van der Waals surface area contributed by atoms with Crippen LogP contribution in [0.3, 0.4) is 0 Å². The monoisotopic (exact) mass is 324 g/mol. The van der Waals surface area contributed by atoms with Gasteiger partial charge in [0.05, 0.1) is 6.54 Å². The molecule has 0 unspecified atom stereocenters. The van der Waals surface area contributed by atoms with E-state index in [0.29, 0.717) is 31.0 Å². The van der Waals surface area contributed by atoms with E-state index in [1.165, 1.54) is 11.5 Å². The summed E-state index contributed by atoms with van der Waals surface area (Å²) in [7, 11) is 1.73. The number of nitrogens with one attached hydrogen (secondary N) is 3. The number of aromatic nitrogens is 1. The number of hydrogen-bond donors (Lipinski definition) is 3. The van der Waals surface area contributed by atoms with E-state index in [2.05, 4.69) is 38.8 Å². The Labute approximate surface area is 140 Å². The summed E-state index contributed by atoms with van der Waals surface area (Å²) in [5, 5.41) is 7.66. The minimum atomic E-state index is -0.166. The predicted molar refractivity (Wildman–Crippen MR) is 96.6 cm³/mol. The third-order valence-electron chi connectivity index (χ3n) is 3.90. The lowest BCUT2D eigenvalue weighted by Crippen LogP contribution is -2.38. The molecule has 0 atom stereocenters. The SMILES string of the molecule is CN=C(NCCc1ccccc1F)NCc1cc2ccccc2[nH]1. The maximum absolute atomic E-state index is 13.6. The fourth-order valence-electron chi connectivity index (χ4n) is 2.64. The molecule has 124 valence electrons. The lowest BCUT2D eigenvalue weighted by atomic mass is 10.1. The van der Waals surface area contributed by atoms with Gasteiger partial charge in [-0.2, -0.15) is 0 Å². The number of benzene rings is 2. The zero-order chi connectivity index (χ0) is 16.8. The number of hydrogen-bond acceptors (Lipinski definition) is 1. The molecule has 0 aliphatic carbocycles. The summed E-state index contributed by atoms with van der Waals surface area (Å²) in [6.07, 6.45) is 0.611. The molecule has 3 rings (SSSR count). The first-order chi connectivity index (χ1) is 11.8. The molecule has 3 N–H and O–H groups in total. The molecule has 24 heavy (non-hydrogen) atoms. The molecule has 0 saturated heterocycles. The standard InChI is InChI=1S/C19H21FN4/c1-21-19(22-11-10-14-6-2-4-8-17(14)20)23-13-16-12-15-7-3-5-9-18(15)24-16/h2-9,12,24H,10-11,13H2,1H3,(H2,21,22,23). The van der Waals surface area contributed by atoms with Gasteiger partial charge in [0, 0.05) is 24.8 Å². The smallest absolute Gasteiger partial charge is 0.191 e. The third kappa shape index (κ3) is 3.93. The molecule has 5 heteroatoms. The summed E-state index contributed by atoms with van der Waals surface area (Å²) in [5.74, 6) is 0.533. The molecule has 0 aliphatic rings. The molecule has 1 heterocycles. The van der Waals surface area contributed by atoms with Crippen molar-refractivity contribution in [1.29, 1.82) is 0 Å². The van der Waals surface area contributed by atoms with Crippen LogP contribution in [0.1, 0.15) is 11.3 Å². The summed E-state index contributed by atoms with van der Waals surface area (Å²) in [4.78, 5) is 7.57. The number of aliphatic imine (C=N–C) groups is 1. The highest BCUT2D eigenvalue weighted by Gasteiger charge is 2.03. The number of nitrogens with zero attached hydrogens (tertiary/aromatic N) is 1. The van der Waals surface area contributed by atoms with E-state index in [1.54, 1.807) is 19.2 Å². The second kappa shape index (κ2) is 7.64. The lowest BCUT2D eigenvalue weighted by molar-refractivity contribution is 0.606. The third-order valence-corrected chi connectivity index (χ3v) is 3.90. The van der Waals surface area contributed by atoms with Gasteiger partial charge in [-0.25, -0.2) is 4.39 Å². The van der Waals surface area contributed by atoms with Crippen LogP contribution in [0.15, 0.2) is 59.6 Å². The number of para-hydroxylation sites is 1. The maximum Gasteiger partial charge on any atom is 0.191 e. The average molecular weight is 324 g/mol. The second-order valence-electron chi connectivity index (χ2n) is 5.58. The molecular weight excluding hydrogens is 303 g/mol. The number of aromatic amines is 1. The summed E-state index contributed by atoms with van der Waals surface area (Å²) in [6, 6.07) is 17.1. The van der Waals surface area contributed by atoms with Gasteiger partial charge in [-0.15, -0.1) is 0 Å². The van der Waals surface area contributed by atoms with Crippen LogP contribution in [-0.2, 0) is 13.0 Å². The summed E-state index contributed by atoms with van der Waals surface area (Å²) in [5.41, 5.74) is 2.92. The molecule has 0 aliphatic heterocycles. The van der Waals surface area contributed by atoms with Crippen LogP contribution in [0.2, 0.25) is 0 Å². The fourth-order valence-corrected chi connectivity index (χ4v) is 2.64. The van der Waals surface area contributed by atoms with Gasteiger partial charge in [0.25, 0.3) is 0 Å². The van der Waals surface area contributed by atoms with Gasteiger partial charge in [0.2, 0.25) is 0 Å². The van der Waals surface area contributed by atoms with Gasteiger partial charge in [0.15, 0.2) is 5.96 Å². The maximum atomic E-state index is 13.6. The van der Waals surface area contributed by atoms with E-state index in [0.717, 1.165) is 11.2 Å². The highest BCUT2D eigenvalue weighted by Crippen LogP contribution is 2.14. The van der Waals surface area contributed by atoms with Crippen molar-refractivity contribution < 1.29 is 4.39 Å². The number of fused-ring (bicyclic) bond motifs is 1. The Morgan fingerprint density at radius 1 is 1.08 bits per heavy atom. The predicted octanol–water partition coefficient (Wildman–Crippen LogP) is 3.21. The molecule has 0 bridgehead atoms. The Morgan fingerprint density at radius 2 is 1.88 bits per heavy atom. The molecule has 2 aromatic carbocycles. The van der Waals surface area contributed by atoms with Crippen molar-refractivity contribution in [3.63, 3.8) is 0 Å². The summed E-state index contributed by atoms with van der Waals surface area (Å²) in [6.45, 7) is 1.27. The highest BCUT2D eigenvalue weighted by molar-refractivity contribution is 5.81. The largest absolute Gasteiger partial charge is 0.357 e. The number of rotatable bonds is 5. The Morgan fingerprint density at radius 3 is 2.67 bits per heavy atom. The van der Waals surface area contributed by atoms with Crippen LogP contribution in [0.5, 0.6) is 0 Å². The van der Waals surface area contributed by atoms with Crippen molar-refractivity contribution in [3.8, 4) is 0 Å². The normalized spacial score (nSPS) is 11.7. The van der Waals surface area contributed by atoms with E-state index >= 15 is 0 Å². The van der Waals surface area contributed by atoms with Crippen molar-refractivity contribution >= 4 is 16.9 Å². The molecular formula is C19H21FN4. The van der Waals surface area contributed by atoms with Crippen molar-refractivity contribution in [2.75, 3.05) is 13.6 Å². The van der Waals surface area contributed by atoms with Crippen LogP contribution in [0, 0.1) is 5.82 Å². The first kappa shape index (κ1) is 16.1. The van der Waals surface area contributed by atoms with Gasteiger partial charge >= 0.3 is 0 Å². The van der Waals surface area contributed by atoms with Crippen LogP contribution >= 0.6 is 0 Å². The summed E-state index contributed by atoms with van der Waals surface area (Å²) >= 11 is 0. The second-order valence-corrected chi connectivity index (χ2v) is 5.58. The molecule has 4 nitrogen and oxygen atoms in total. The van der Waals surface area contributed by atoms with Crippen molar-refractivity contribution in [1.82, 2.24) is 15.6 Å². The Balaban J connectivity index is 1.51. The molecule has 0 fully saturated rings. The minimum Gasteiger partial charge on any atom is -0.357 e. The molecule has 0 saturated carbocycles. The van der Waals surface area contributed by atoms with Crippen molar-refractivity contribution in [3.05, 3.63) is 71.7 Å². The molecule has 1 aromatic heterocycles. The van der Waals surface area contributed by atoms with Crippen molar-refractivity contribution in [2.24, 2.45) is 4.99 Å². The number of H-pyrrole nitrogens is 1. The Bertz CT molecular complexity index is 805. The molecule has 0 amide bonds. The first-order valence-electron chi connectivity index (χ1n) is 8.01. The first-order valence-corrected chi connectivity index (χ1v) is 8.01. The molecule has 0 radical (unpaired) electrons. The molecule has 3 aromatic rings. The van der Waals surface area contributed by atoms with Crippen LogP contribution < -0.4 is 10.6 Å². The van der Waals surface area contributed by atoms with E-state index in [4.69, 9.17) is 0 Å². The van der Waals surface area contributed by atoms with Gasteiger partial charge in [-0.1, -0.05) is 36.4 Å². The van der Waals surface area contributed by atoms with E-state index < -0.39 is 0 Å².